The van der Waals surface area contributed by atoms with Gasteiger partial charge in [0.2, 0.25) is 0 Å². The Morgan fingerprint density at radius 2 is 1.96 bits per heavy atom. The fourth-order valence-electron chi connectivity index (χ4n) is 2.94. The number of aliphatic hydroxyl groups excluding tert-OH is 1. The van der Waals surface area contributed by atoms with E-state index >= 15 is 0 Å². The van der Waals surface area contributed by atoms with Gasteiger partial charge in [0.25, 0.3) is 0 Å². The van der Waals surface area contributed by atoms with Crippen LogP contribution in [0.1, 0.15) is 10.6 Å². The van der Waals surface area contributed by atoms with Crippen molar-refractivity contribution in [3.05, 3.63) is 64.5 Å². The summed E-state index contributed by atoms with van der Waals surface area (Å²) in [4.78, 5) is 1.28. The summed E-state index contributed by atoms with van der Waals surface area (Å²) < 4.78 is 4.06. The zero-order valence-corrected chi connectivity index (χ0v) is 13.6. The van der Waals surface area contributed by atoms with Gasteiger partial charge in [-0.2, -0.15) is 5.10 Å². The van der Waals surface area contributed by atoms with E-state index in [2.05, 4.69) is 34.3 Å². The minimum absolute atomic E-state index is 0.0321. The van der Waals surface area contributed by atoms with Crippen LogP contribution in [-0.4, -0.2) is 19.5 Å². The smallest absolute Gasteiger partial charge is 0.117 e. The second kappa shape index (κ2) is 5.68. The van der Waals surface area contributed by atoms with Gasteiger partial charge in [-0.25, -0.2) is 0 Å². The van der Waals surface area contributed by atoms with E-state index in [9.17, 15) is 5.11 Å². The highest BCUT2D eigenvalue weighted by Gasteiger charge is 2.15. The molecular weight excluding hydrogens is 306 g/mol. The van der Waals surface area contributed by atoms with Crippen LogP contribution < -0.4 is 0 Å². The number of fused-ring (bicyclic) bond motifs is 1. The minimum atomic E-state index is 0.0321. The lowest BCUT2D eigenvalue weighted by molar-refractivity contribution is 0.273. The maximum absolute atomic E-state index is 9.42. The molecule has 3 aromatic heterocycles. The largest absolute Gasteiger partial charge is 0.390 e. The molecule has 4 aromatic rings. The molecule has 116 valence electrons. The summed E-state index contributed by atoms with van der Waals surface area (Å²) in [6, 6.07) is 16.5. The van der Waals surface area contributed by atoms with Gasteiger partial charge in [0.05, 0.1) is 24.4 Å². The van der Waals surface area contributed by atoms with Crippen molar-refractivity contribution in [1.82, 2.24) is 14.3 Å². The van der Waals surface area contributed by atoms with Crippen LogP contribution in [0.4, 0.5) is 0 Å². The van der Waals surface area contributed by atoms with Gasteiger partial charge in [0.1, 0.15) is 5.69 Å². The highest BCUT2D eigenvalue weighted by Crippen LogP contribution is 2.29. The first kappa shape index (κ1) is 14.2. The molecule has 4 nitrogen and oxygen atoms in total. The summed E-state index contributed by atoms with van der Waals surface area (Å²) in [6.45, 7) is 0.805. The van der Waals surface area contributed by atoms with Crippen molar-refractivity contribution in [3.63, 3.8) is 0 Å². The third kappa shape index (κ3) is 2.38. The van der Waals surface area contributed by atoms with Crippen molar-refractivity contribution < 1.29 is 5.11 Å². The van der Waals surface area contributed by atoms with Gasteiger partial charge >= 0.3 is 0 Å². The van der Waals surface area contributed by atoms with Gasteiger partial charge < -0.3 is 9.67 Å². The molecule has 23 heavy (non-hydrogen) atoms. The van der Waals surface area contributed by atoms with Crippen LogP contribution in [-0.2, 0) is 20.2 Å². The molecule has 1 N–H and O–H groups in total. The molecule has 1 aromatic carbocycles. The number of nitrogens with zero attached hydrogens (tertiary/aromatic N) is 3. The number of hydrogen-bond donors (Lipinski definition) is 1. The Hall–Kier alpha value is -2.37. The molecule has 0 spiro atoms. The number of thiophene rings is 1. The van der Waals surface area contributed by atoms with E-state index in [1.807, 2.05) is 35.9 Å². The number of para-hydroxylation sites is 1. The molecule has 3 heterocycles. The molecule has 0 radical (unpaired) electrons. The van der Waals surface area contributed by atoms with E-state index in [4.69, 9.17) is 5.10 Å². The summed E-state index contributed by atoms with van der Waals surface area (Å²) in [5.74, 6) is 0. The minimum Gasteiger partial charge on any atom is -0.390 e. The third-order valence-corrected chi connectivity index (χ3v) is 5.04. The standard InChI is InChI=1S/C18H17N3OS/c1-20-13(12-22)8-9-17(20)18-15-6-2-3-7-16(15)21(19-18)11-14-5-4-10-23-14/h2-10,22H,11-12H2,1H3. The Morgan fingerprint density at radius 3 is 2.70 bits per heavy atom. The molecule has 0 bridgehead atoms. The molecule has 0 aliphatic rings. The highest BCUT2D eigenvalue weighted by molar-refractivity contribution is 7.09. The summed E-state index contributed by atoms with van der Waals surface area (Å²) in [5, 5.41) is 17.5. The number of aromatic nitrogens is 3. The number of aliphatic hydroxyl groups is 1. The van der Waals surface area contributed by atoms with E-state index < -0.39 is 0 Å². The maximum Gasteiger partial charge on any atom is 0.117 e. The van der Waals surface area contributed by atoms with E-state index in [1.54, 1.807) is 11.3 Å². The van der Waals surface area contributed by atoms with Crippen molar-refractivity contribution in [1.29, 1.82) is 0 Å². The first-order valence-electron chi connectivity index (χ1n) is 7.51. The Labute approximate surface area is 138 Å². The topological polar surface area (TPSA) is 43.0 Å². The molecule has 0 aliphatic heterocycles. The quantitative estimate of drug-likeness (QED) is 0.623. The van der Waals surface area contributed by atoms with Gasteiger partial charge in [-0.3, -0.25) is 4.68 Å². The van der Waals surface area contributed by atoms with Crippen LogP contribution in [0.25, 0.3) is 22.3 Å². The van der Waals surface area contributed by atoms with Crippen molar-refractivity contribution >= 4 is 22.2 Å². The monoisotopic (exact) mass is 323 g/mol. The van der Waals surface area contributed by atoms with Crippen LogP contribution >= 0.6 is 11.3 Å². The molecule has 0 atom stereocenters. The zero-order chi connectivity index (χ0) is 15.8. The summed E-state index contributed by atoms with van der Waals surface area (Å²) in [7, 11) is 1.97. The van der Waals surface area contributed by atoms with Crippen LogP contribution in [0.15, 0.2) is 53.9 Å². The average Bonchev–Trinajstić information content (AvgIpc) is 3.28. The van der Waals surface area contributed by atoms with Crippen molar-refractivity contribution in [2.24, 2.45) is 7.05 Å². The SMILES string of the molecule is Cn1c(CO)ccc1-c1nn(Cc2cccs2)c2ccccc12. The molecule has 4 rings (SSSR count). The summed E-state index contributed by atoms with van der Waals surface area (Å²) in [5.41, 5.74) is 3.99. The van der Waals surface area contributed by atoms with E-state index in [1.165, 1.54) is 4.88 Å². The van der Waals surface area contributed by atoms with Gasteiger partial charge in [0, 0.05) is 23.0 Å². The molecule has 5 heteroatoms. The van der Waals surface area contributed by atoms with Gasteiger partial charge in [-0.05, 0) is 29.6 Å². The molecule has 0 fully saturated rings. The predicted molar refractivity (Wildman–Crippen MR) is 93.5 cm³/mol. The van der Waals surface area contributed by atoms with E-state index in [-0.39, 0.29) is 6.61 Å². The van der Waals surface area contributed by atoms with Gasteiger partial charge in [-0.1, -0.05) is 24.3 Å². The fraction of sp³-hybridized carbons (Fsp3) is 0.167. The average molecular weight is 323 g/mol. The normalized spacial score (nSPS) is 11.4. The number of benzene rings is 1. The van der Waals surface area contributed by atoms with E-state index in [0.29, 0.717) is 0 Å². The lowest BCUT2D eigenvalue weighted by Gasteiger charge is -2.04. The van der Waals surface area contributed by atoms with Crippen molar-refractivity contribution in [2.75, 3.05) is 0 Å². The van der Waals surface area contributed by atoms with Crippen molar-refractivity contribution in [3.8, 4) is 11.4 Å². The van der Waals surface area contributed by atoms with Crippen molar-refractivity contribution in [2.45, 2.75) is 13.2 Å². The van der Waals surface area contributed by atoms with Crippen LogP contribution in [0.5, 0.6) is 0 Å². The Kier molecular flexibility index (Phi) is 3.52. The lowest BCUT2D eigenvalue weighted by atomic mass is 10.1. The van der Waals surface area contributed by atoms with Gasteiger partial charge in [-0.15, -0.1) is 11.3 Å². The molecule has 0 amide bonds. The highest BCUT2D eigenvalue weighted by atomic mass is 32.1. The maximum atomic E-state index is 9.42. The lowest BCUT2D eigenvalue weighted by Crippen LogP contribution is -2.01. The predicted octanol–water partition coefficient (Wildman–Crippen LogP) is 3.64. The van der Waals surface area contributed by atoms with Crippen LogP contribution in [0.3, 0.4) is 0 Å². The molecule has 0 saturated heterocycles. The number of hydrogen-bond acceptors (Lipinski definition) is 3. The van der Waals surface area contributed by atoms with Crippen LogP contribution in [0, 0.1) is 0 Å². The summed E-state index contributed by atoms with van der Waals surface area (Å²) in [6.07, 6.45) is 0. The van der Waals surface area contributed by atoms with Gasteiger partial charge in [0.15, 0.2) is 0 Å². The first-order valence-corrected chi connectivity index (χ1v) is 8.39. The first-order chi connectivity index (χ1) is 11.3. The summed E-state index contributed by atoms with van der Waals surface area (Å²) >= 11 is 1.74. The van der Waals surface area contributed by atoms with Crippen LogP contribution in [0.2, 0.25) is 0 Å². The molecule has 0 saturated carbocycles. The molecular formula is C18H17N3OS. The zero-order valence-electron chi connectivity index (χ0n) is 12.8. The Bertz CT molecular complexity index is 950. The Balaban J connectivity index is 1.88. The second-order valence-electron chi connectivity index (χ2n) is 5.53. The van der Waals surface area contributed by atoms with E-state index in [0.717, 1.165) is 34.5 Å². The molecule has 0 aliphatic carbocycles. The molecule has 0 unspecified atom stereocenters. The second-order valence-corrected chi connectivity index (χ2v) is 6.56. The fourth-order valence-corrected chi connectivity index (χ4v) is 3.62. The third-order valence-electron chi connectivity index (χ3n) is 4.17. The Morgan fingerprint density at radius 1 is 1.09 bits per heavy atom. The number of rotatable bonds is 4.